The quantitative estimate of drug-likeness (QED) is 0.366. The van der Waals surface area contributed by atoms with Gasteiger partial charge in [-0.3, -0.25) is 0 Å². The standard InChI is InChI=1S/C24H32O9/c1-24-7-6-13-12-5-3-11(32-23-19(28)17(26)18(27)20(33-23)22(30)31)8-10(12)2-4-14(13)15(24)9-16(25)21(24)29/h3,5,8,13-21,23,25-29H,2,4,6-7,9H2,1H3,(H,30,31)/t13-,14-,15+,16-,17+,18+,19-,20+,21+,23?,24+/m1/s1. The third-order valence-corrected chi connectivity index (χ3v) is 8.74. The van der Waals surface area contributed by atoms with Crippen molar-refractivity contribution < 1.29 is 44.9 Å². The molecule has 4 aliphatic rings. The molecule has 0 radical (unpaired) electrons. The minimum absolute atomic E-state index is 0.248. The number of ether oxygens (including phenoxy) is 2. The molecule has 0 spiro atoms. The SMILES string of the molecule is C[C@]12CC[C@@H]3c4ccc(OC5O[C@H](C(=O)O)[C@@H](O)[C@H](O)[C@H]5O)cc4CC[C@H]3[C@@H]1C[C@@H](O)[C@@H]2O. The van der Waals surface area contributed by atoms with E-state index in [1.807, 2.05) is 12.1 Å². The molecule has 1 aliphatic heterocycles. The Bertz CT molecular complexity index is 921. The number of aliphatic carboxylic acids is 1. The Kier molecular flexibility index (Phi) is 5.70. The first-order valence-electron chi connectivity index (χ1n) is 11.7. The molecule has 11 atom stereocenters. The van der Waals surface area contributed by atoms with E-state index in [9.17, 15) is 35.4 Å². The number of carbonyl (C=O) groups is 1. The predicted octanol–water partition coefficient (Wildman–Crippen LogP) is 0.145. The fourth-order valence-electron chi connectivity index (χ4n) is 6.90. The Morgan fingerprint density at radius 3 is 2.58 bits per heavy atom. The second-order valence-electron chi connectivity index (χ2n) is 10.4. The molecule has 0 amide bonds. The first-order valence-corrected chi connectivity index (χ1v) is 11.7. The molecule has 1 saturated heterocycles. The van der Waals surface area contributed by atoms with E-state index in [1.54, 1.807) is 6.07 Å². The summed E-state index contributed by atoms with van der Waals surface area (Å²) in [7, 11) is 0. The van der Waals surface area contributed by atoms with Gasteiger partial charge in [0.1, 0.15) is 24.1 Å². The van der Waals surface area contributed by atoms with Crippen molar-refractivity contribution in [3.63, 3.8) is 0 Å². The lowest BCUT2D eigenvalue weighted by Gasteiger charge is -2.50. The maximum atomic E-state index is 11.3. The minimum atomic E-state index is -1.76. The fourth-order valence-corrected chi connectivity index (χ4v) is 6.90. The number of hydrogen-bond donors (Lipinski definition) is 6. The number of benzene rings is 1. The lowest BCUT2D eigenvalue weighted by molar-refractivity contribution is -0.271. The molecule has 9 heteroatoms. The van der Waals surface area contributed by atoms with E-state index in [-0.39, 0.29) is 11.3 Å². The van der Waals surface area contributed by atoms with E-state index in [1.165, 1.54) is 5.56 Å². The van der Waals surface area contributed by atoms with Gasteiger partial charge in [0.2, 0.25) is 6.29 Å². The van der Waals surface area contributed by atoms with Crippen molar-refractivity contribution in [2.75, 3.05) is 0 Å². The van der Waals surface area contributed by atoms with Crippen LogP contribution in [0.15, 0.2) is 18.2 Å². The summed E-state index contributed by atoms with van der Waals surface area (Å²) in [6.07, 6.45) is -5.40. The molecular weight excluding hydrogens is 432 g/mol. The third-order valence-electron chi connectivity index (χ3n) is 8.74. The number of fused-ring (bicyclic) bond motifs is 5. The molecule has 1 heterocycles. The molecule has 0 bridgehead atoms. The van der Waals surface area contributed by atoms with Crippen LogP contribution in [0.25, 0.3) is 0 Å². The number of carboxylic acid groups (broad SMARTS) is 1. The first-order chi connectivity index (χ1) is 15.6. The molecule has 3 fully saturated rings. The molecule has 3 aliphatic carbocycles. The van der Waals surface area contributed by atoms with Crippen LogP contribution < -0.4 is 4.74 Å². The van der Waals surface area contributed by atoms with Gasteiger partial charge in [-0.05, 0) is 78.5 Å². The van der Waals surface area contributed by atoms with Crippen LogP contribution in [0.5, 0.6) is 5.75 Å². The summed E-state index contributed by atoms with van der Waals surface area (Å²) in [5.74, 6) is -0.0622. The van der Waals surface area contributed by atoms with Crippen LogP contribution in [0.1, 0.15) is 49.7 Å². The fraction of sp³-hybridized carbons (Fsp3) is 0.708. The zero-order chi connectivity index (χ0) is 23.7. The maximum absolute atomic E-state index is 11.3. The van der Waals surface area contributed by atoms with Crippen LogP contribution in [0.2, 0.25) is 0 Å². The molecule has 6 N–H and O–H groups in total. The maximum Gasteiger partial charge on any atom is 0.335 e. The molecule has 0 aromatic heterocycles. The molecule has 5 rings (SSSR count). The van der Waals surface area contributed by atoms with Crippen LogP contribution in [0, 0.1) is 17.3 Å². The number of aliphatic hydroxyl groups excluding tert-OH is 5. The number of aliphatic hydroxyl groups is 5. The average Bonchev–Trinajstić information content (AvgIpc) is 3.02. The van der Waals surface area contributed by atoms with E-state index in [0.29, 0.717) is 24.0 Å². The first kappa shape index (κ1) is 23.0. The third kappa shape index (κ3) is 3.57. The number of rotatable bonds is 3. The van der Waals surface area contributed by atoms with Gasteiger partial charge in [0.25, 0.3) is 0 Å². The normalized spacial score (nSPS) is 46.7. The summed E-state index contributed by atoms with van der Waals surface area (Å²) >= 11 is 0. The monoisotopic (exact) mass is 464 g/mol. The zero-order valence-electron chi connectivity index (χ0n) is 18.4. The minimum Gasteiger partial charge on any atom is -0.479 e. The molecule has 182 valence electrons. The summed E-state index contributed by atoms with van der Waals surface area (Å²) in [6, 6.07) is 5.60. The molecule has 1 unspecified atom stereocenters. The molecular formula is C24H32O9. The highest BCUT2D eigenvalue weighted by molar-refractivity contribution is 5.73. The summed E-state index contributed by atoms with van der Waals surface area (Å²) in [5, 5.41) is 60.2. The summed E-state index contributed by atoms with van der Waals surface area (Å²) in [4.78, 5) is 11.3. The smallest absolute Gasteiger partial charge is 0.335 e. The highest BCUT2D eigenvalue weighted by Gasteiger charge is 2.57. The molecule has 2 saturated carbocycles. The van der Waals surface area contributed by atoms with Crippen molar-refractivity contribution in [2.45, 2.75) is 87.9 Å². The Hall–Kier alpha value is -1.75. The van der Waals surface area contributed by atoms with Gasteiger partial charge in [0, 0.05) is 0 Å². The van der Waals surface area contributed by atoms with Crippen LogP contribution in [-0.4, -0.2) is 79.5 Å². The van der Waals surface area contributed by atoms with Gasteiger partial charge in [-0.2, -0.15) is 0 Å². The highest BCUT2D eigenvalue weighted by atomic mass is 16.7. The van der Waals surface area contributed by atoms with Gasteiger partial charge in [-0.25, -0.2) is 4.79 Å². The predicted molar refractivity (Wildman–Crippen MR) is 113 cm³/mol. The van der Waals surface area contributed by atoms with Gasteiger partial charge >= 0.3 is 5.97 Å². The average molecular weight is 465 g/mol. The zero-order valence-corrected chi connectivity index (χ0v) is 18.4. The van der Waals surface area contributed by atoms with Gasteiger partial charge in [0.15, 0.2) is 6.10 Å². The molecule has 33 heavy (non-hydrogen) atoms. The van der Waals surface area contributed by atoms with Crippen molar-refractivity contribution >= 4 is 5.97 Å². The van der Waals surface area contributed by atoms with E-state index in [0.717, 1.165) is 31.2 Å². The van der Waals surface area contributed by atoms with Crippen LogP contribution >= 0.6 is 0 Å². The lowest BCUT2D eigenvalue weighted by atomic mass is 9.55. The second kappa shape index (κ2) is 8.18. The van der Waals surface area contributed by atoms with Gasteiger partial charge in [-0.15, -0.1) is 0 Å². The largest absolute Gasteiger partial charge is 0.479 e. The van der Waals surface area contributed by atoms with Gasteiger partial charge < -0.3 is 40.1 Å². The van der Waals surface area contributed by atoms with Gasteiger partial charge in [0.05, 0.1) is 12.2 Å². The Labute approximate surface area is 191 Å². The summed E-state index contributed by atoms with van der Waals surface area (Å²) in [5.41, 5.74) is 2.08. The van der Waals surface area contributed by atoms with E-state index < -0.39 is 48.9 Å². The molecule has 9 nitrogen and oxygen atoms in total. The lowest BCUT2D eigenvalue weighted by Crippen LogP contribution is -2.61. The Morgan fingerprint density at radius 1 is 1.09 bits per heavy atom. The summed E-state index contributed by atoms with van der Waals surface area (Å²) < 4.78 is 10.9. The number of carboxylic acids is 1. The summed E-state index contributed by atoms with van der Waals surface area (Å²) in [6.45, 7) is 2.10. The molecule has 1 aromatic carbocycles. The Morgan fingerprint density at radius 2 is 1.85 bits per heavy atom. The number of aryl methyl sites for hydroxylation is 1. The van der Waals surface area contributed by atoms with E-state index in [4.69, 9.17) is 9.47 Å². The van der Waals surface area contributed by atoms with Crippen LogP contribution in [0.3, 0.4) is 0 Å². The number of hydrogen-bond acceptors (Lipinski definition) is 8. The van der Waals surface area contributed by atoms with Crippen molar-refractivity contribution in [1.29, 1.82) is 0 Å². The molecule has 1 aromatic rings. The van der Waals surface area contributed by atoms with Crippen molar-refractivity contribution in [2.24, 2.45) is 17.3 Å². The van der Waals surface area contributed by atoms with Crippen molar-refractivity contribution in [1.82, 2.24) is 0 Å². The van der Waals surface area contributed by atoms with Crippen LogP contribution in [-0.2, 0) is 16.0 Å². The second-order valence-corrected chi connectivity index (χ2v) is 10.4. The van der Waals surface area contributed by atoms with E-state index in [2.05, 4.69) is 6.92 Å². The highest BCUT2D eigenvalue weighted by Crippen LogP contribution is 2.61. The van der Waals surface area contributed by atoms with Crippen molar-refractivity contribution in [3.05, 3.63) is 29.3 Å². The Balaban J connectivity index is 1.34. The van der Waals surface area contributed by atoms with E-state index >= 15 is 0 Å². The topological polar surface area (TPSA) is 157 Å². The van der Waals surface area contributed by atoms with Crippen LogP contribution in [0.4, 0.5) is 0 Å². The van der Waals surface area contributed by atoms with Gasteiger partial charge in [-0.1, -0.05) is 13.0 Å². The van der Waals surface area contributed by atoms with Crippen molar-refractivity contribution in [3.8, 4) is 5.75 Å².